The number of amides is 10. The summed E-state index contributed by atoms with van der Waals surface area (Å²) in [4.78, 5) is 170. The van der Waals surface area contributed by atoms with Crippen molar-refractivity contribution in [1.82, 2.24) is 77.8 Å². The molecule has 0 spiro atoms. The number of benzene rings is 4. The van der Waals surface area contributed by atoms with Gasteiger partial charge in [0.05, 0.1) is 24.0 Å². The van der Waals surface area contributed by atoms with Crippen LogP contribution in [0.1, 0.15) is 72.7 Å². The van der Waals surface area contributed by atoms with Crippen LogP contribution < -0.4 is 76.5 Å². The Bertz CT molecular complexity index is 4150. The average Bonchev–Trinajstić information content (AvgIpc) is 1.69. The lowest BCUT2D eigenvalue weighted by Gasteiger charge is -2.27. The van der Waals surface area contributed by atoms with E-state index in [-0.39, 0.29) is 95.8 Å². The lowest BCUT2D eigenvalue weighted by Crippen LogP contribution is -2.59. The summed E-state index contributed by atoms with van der Waals surface area (Å²) in [6, 6.07) is 21.7. The minimum atomic E-state index is -1.39. The Morgan fingerprint density at radius 2 is 0.792 bits per heavy atom. The van der Waals surface area contributed by atoms with E-state index in [1.165, 1.54) is 25.8 Å². The number of hydrogen-bond donors (Lipinski definition) is 18. The van der Waals surface area contributed by atoms with Crippen LogP contribution in [0, 0.1) is 0 Å². The second-order valence-electron chi connectivity index (χ2n) is 24.1. The highest BCUT2D eigenvalue weighted by Crippen LogP contribution is 2.22. The molecular weight excluding hydrogens is 1300 g/mol. The first-order valence-corrected chi connectivity index (χ1v) is 32.9. The van der Waals surface area contributed by atoms with Crippen molar-refractivity contribution in [1.29, 1.82) is 0 Å². The summed E-state index contributed by atoms with van der Waals surface area (Å²) < 4.78 is 0. The first-order chi connectivity index (χ1) is 48.7. The molecule has 8 aromatic rings. The maximum absolute atomic E-state index is 14.8. The number of carbonyl (C=O) groups excluding carboxylic acids is 10. The molecule has 0 bridgehead atoms. The molecule has 8 rings (SSSR count). The molecule has 4 aromatic heterocycles. The summed E-state index contributed by atoms with van der Waals surface area (Å²) in [5.74, 6) is -7.87. The van der Waals surface area contributed by atoms with Crippen LogP contribution in [-0.2, 0) is 86.5 Å². The van der Waals surface area contributed by atoms with Gasteiger partial charge in [-0.25, -0.2) is 9.97 Å². The van der Waals surface area contributed by atoms with E-state index < -0.39 is 114 Å². The zero-order chi connectivity index (χ0) is 72.2. The zero-order valence-electron chi connectivity index (χ0n) is 55.6. The smallest absolute Gasteiger partial charge is 0.243 e. The quantitative estimate of drug-likeness (QED) is 0.0123. The van der Waals surface area contributed by atoms with Gasteiger partial charge in [0.1, 0.15) is 48.3 Å². The first kappa shape index (κ1) is 74.4. The Morgan fingerprint density at radius 1 is 0.416 bits per heavy atom. The normalized spacial score (nSPS) is 13.4. The van der Waals surface area contributed by atoms with Gasteiger partial charge in [-0.05, 0) is 60.1 Å². The van der Waals surface area contributed by atoms with Crippen molar-refractivity contribution < 1.29 is 47.9 Å². The van der Waals surface area contributed by atoms with Crippen molar-refractivity contribution in [3.8, 4) is 0 Å². The third-order valence-electron chi connectivity index (χ3n) is 16.4. The van der Waals surface area contributed by atoms with Gasteiger partial charge in [0.25, 0.3) is 0 Å². The highest BCUT2D eigenvalue weighted by Gasteiger charge is 2.35. The minimum Gasteiger partial charge on any atom is -0.370 e. The number of para-hydroxylation sites is 2. The maximum atomic E-state index is 14.8. The number of nitrogens with zero attached hydrogens (tertiary/aromatic N) is 4. The Kier molecular flexibility index (Phi) is 27.5. The van der Waals surface area contributed by atoms with E-state index in [2.05, 4.69) is 87.7 Å². The third kappa shape index (κ3) is 23.4. The Labute approximate surface area is 580 Å². The molecule has 0 aliphatic rings. The number of guanidine groups is 2. The lowest BCUT2D eigenvalue weighted by atomic mass is 10.0. The van der Waals surface area contributed by atoms with E-state index in [1.54, 1.807) is 85.3 Å². The molecule has 0 aliphatic carbocycles. The Balaban J connectivity index is 0.984. The highest BCUT2D eigenvalue weighted by molar-refractivity contribution is 5.98. The number of aliphatic imine (C=N–C) groups is 2. The number of imidazole rings is 2. The molecule has 8 atom stereocenters. The fraction of sp³-hybridized carbons (Fsp3) is 0.333. The molecule has 0 radical (unpaired) electrons. The number of hydrogen-bond acceptors (Lipinski definition) is 14. The number of aromatic amines is 4. The van der Waals surface area contributed by atoms with Gasteiger partial charge in [0.15, 0.2) is 11.9 Å². The molecule has 4 aromatic carbocycles. The molecule has 32 heteroatoms. The van der Waals surface area contributed by atoms with Crippen LogP contribution in [-0.4, -0.2) is 169 Å². The van der Waals surface area contributed by atoms with E-state index in [0.717, 1.165) is 21.8 Å². The molecule has 32 nitrogen and oxygen atoms in total. The third-order valence-corrected chi connectivity index (χ3v) is 16.4. The van der Waals surface area contributed by atoms with Gasteiger partial charge in [0, 0.05) is 118 Å². The molecule has 23 N–H and O–H groups in total. The van der Waals surface area contributed by atoms with Gasteiger partial charge < -0.3 is 96.5 Å². The predicted octanol–water partition coefficient (Wildman–Crippen LogP) is -1.15. The lowest BCUT2D eigenvalue weighted by molar-refractivity contribution is -0.134. The van der Waals surface area contributed by atoms with Crippen molar-refractivity contribution in [3.05, 3.63) is 180 Å². The van der Waals surface area contributed by atoms with Gasteiger partial charge in [0.2, 0.25) is 59.1 Å². The number of aromatic nitrogens is 6. The molecule has 532 valence electrons. The largest absolute Gasteiger partial charge is 0.370 e. The SMILES string of the molecule is CC(=O)N[C@@H](Cc1c[nH]cn1)C(=O)N[C@H](Cc1ccccc1)C(=O)N[C@@H](CCCN=C(N)N)C(=O)N[C@@H](Cc1c[nH]c2ccccc12)C(=O)NCCC(=O)N[C@@H](Cc1c[nH]cn1)C(=O)N[C@H](Cc1ccccc1)C(=O)N[C@@H](CCCN=C(N)N)C(=O)N[C@@H](Cc1c[nH]c2ccccc12)C(N)=O. The zero-order valence-corrected chi connectivity index (χ0v) is 55.6. The number of nitrogens with two attached hydrogens (primary N) is 5. The number of fused-ring (bicyclic) bond motifs is 2. The van der Waals surface area contributed by atoms with Crippen LogP contribution >= 0.6 is 0 Å². The van der Waals surface area contributed by atoms with Gasteiger partial charge >= 0.3 is 0 Å². The minimum absolute atomic E-state index is 0.0164. The molecule has 101 heavy (non-hydrogen) atoms. The van der Waals surface area contributed by atoms with Crippen LogP contribution in [0.3, 0.4) is 0 Å². The molecule has 10 amide bonds. The monoisotopic (exact) mass is 1380 g/mol. The van der Waals surface area contributed by atoms with Crippen molar-refractivity contribution in [2.45, 2.75) is 126 Å². The number of H-pyrrole nitrogens is 4. The second-order valence-corrected chi connectivity index (χ2v) is 24.1. The van der Waals surface area contributed by atoms with Gasteiger partial charge in [-0.2, -0.15) is 0 Å². The molecule has 0 fully saturated rings. The van der Waals surface area contributed by atoms with Gasteiger partial charge in [-0.3, -0.25) is 57.9 Å². The van der Waals surface area contributed by atoms with E-state index in [9.17, 15) is 47.9 Å². The molecule has 0 saturated carbocycles. The second kappa shape index (κ2) is 37.4. The number of nitrogens with one attached hydrogen (secondary N) is 13. The van der Waals surface area contributed by atoms with Crippen LogP contribution in [0.2, 0.25) is 0 Å². The van der Waals surface area contributed by atoms with Crippen LogP contribution in [0.4, 0.5) is 0 Å². The molecule has 0 saturated heterocycles. The Hall–Kier alpha value is -12.4. The fourth-order valence-corrected chi connectivity index (χ4v) is 11.3. The van der Waals surface area contributed by atoms with E-state index in [1.807, 2.05) is 42.5 Å². The van der Waals surface area contributed by atoms with Gasteiger partial charge in [-0.1, -0.05) is 97.1 Å². The van der Waals surface area contributed by atoms with Crippen LogP contribution in [0.15, 0.2) is 157 Å². The van der Waals surface area contributed by atoms with E-state index >= 15 is 0 Å². The number of carbonyl (C=O) groups is 10. The summed E-state index contributed by atoms with van der Waals surface area (Å²) >= 11 is 0. The fourth-order valence-electron chi connectivity index (χ4n) is 11.3. The summed E-state index contributed by atoms with van der Waals surface area (Å²) in [5, 5.41) is 26.3. The molecule has 4 heterocycles. The first-order valence-electron chi connectivity index (χ1n) is 32.9. The Morgan fingerprint density at radius 3 is 1.21 bits per heavy atom. The van der Waals surface area contributed by atoms with Crippen molar-refractivity contribution in [3.63, 3.8) is 0 Å². The summed E-state index contributed by atoms with van der Waals surface area (Å²) in [7, 11) is 0. The topological polar surface area (TPSA) is 523 Å². The van der Waals surface area contributed by atoms with Gasteiger partial charge in [-0.15, -0.1) is 0 Å². The summed E-state index contributed by atoms with van der Waals surface area (Å²) in [6.07, 6.45) is 8.71. The standard InChI is InChI=1S/C69H86N22O10/c1-40(92)84-57(32-45-36-75-38-82-45)66(100)89-54(28-41-14-4-2-5-15-41)64(98)87-52(23-13-26-79-69(73)74)63(97)91-56(31-44-35-81-50-21-11-9-19-48(44)50)61(95)77-27-24-59(93)85-58(33-46-37-76-39-83-46)67(101)90-55(29-42-16-6-3-7-17-42)65(99)86-51(22-12-25-78-68(71)72)62(96)88-53(60(70)94)30-43-34-80-49-20-10-8-18-47(43)49/h2-11,14-21,34-39,51-58,80-81H,12-13,22-33H2,1H3,(H2,70,94)(H,75,82)(H,76,83)(H,77,95)(H,84,92)(H,85,93)(H,86,99)(H,87,98)(H,88,96)(H,89,100)(H,90,101)(H,91,97)(H4,71,72,78)(H4,73,74,79)/t51-,52-,53-,54+,55+,56-,57-,58-/m0/s1. The average molecular weight is 1380 g/mol. The van der Waals surface area contributed by atoms with Crippen molar-refractivity contribution >= 4 is 92.8 Å². The predicted molar refractivity (Wildman–Crippen MR) is 377 cm³/mol. The summed E-state index contributed by atoms with van der Waals surface area (Å²) in [5.41, 5.74) is 33.3. The van der Waals surface area contributed by atoms with Crippen molar-refractivity contribution in [2.24, 2.45) is 38.7 Å². The maximum Gasteiger partial charge on any atom is 0.243 e. The van der Waals surface area contributed by atoms with Crippen LogP contribution in [0.25, 0.3) is 21.8 Å². The summed E-state index contributed by atoms with van der Waals surface area (Å²) in [6.45, 7) is 1.04. The van der Waals surface area contributed by atoms with E-state index in [0.29, 0.717) is 33.6 Å². The highest BCUT2D eigenvalue weighted by atomic mass is 16.2. The number of primary amides is 1. The van der Waals surface area contributed by atoms with Crippen molar-refractivity contribution in [2.75, 3.05) is 19.6 Å². The van der Waals surface area contributed by atoms with E-state index in [4.69, 9.17) is 28.7 Å². The number of rotatable bonds is 39. The molecule has 0 unspecified atom stereocenters. The molecular formula is C69H86N22O10. The molecule has 0 aliphatic heterocycles. The van der Waals surface area contributed by atoms with Crippen LogP contribution in [0.5, 0.6) is 0 Å².